The van der Waals surface area contributed by atoms with E-state index in [1.54, 1.807) is 72.8 Å². The van der Waals surface area contributed by atoms with Crippen LogP contribution in [0.5, 0.6) is 34.5 Å². The van der Waals surface area contributed by atoms with Gasteiger partial charge in [-0.3, -0.25) is 0 Å². The molecule has 0 bridgehead atoms. The summed E-state index contributed by atoms with van der Waals surface area (Å²) < 4.78 is 25.2. The van der Waals surface area contributed by atoms with Crippen molar-refractivity contribution in [1.82, 2.24) is 0 Å². The normalized spacial score (nSPS) is 10.3. The van der Waals surface area contributed by atoms with Gasteiger partial charge in [-0.25, -0.2) is 0 Å². The summed E-state index contributed by atoms with van der Waals surface area (Å²) in [6.45, 7) is 1.93. The van der Waals surface area contributed by atoms with Gasteiger partial charge in [-0.05, 0) is 60.7 Å². The second kappa shape index (κ2) is 13.0. The number of ether oxygens (including phenoxy) is 2. The van der Waals surface area contributed by atoms with Crippen LogP contribution in [0.3, 0.4) is 0 Å². The molecule has 0 aromatic heterocycles. The van der Waals surface area contributed by atoms with E-state index in [1.165, 1.54) is 12.1 Å². The Morgan fingerprint density at radius 3 is 1.27 bits per heavy atom. The summed E-state index contributed by atoms with van der Waals surface area (Å²) in [6, 6.07) is 41.3. The van der Waals surface area contributed by atoms with Gasteiger partial charge in [0.05, 0.1) is 22.3 Å². The molecule has 8 nitrogen and oxygen atoms in total. The molecule has 9 heteroatoms. The summed E-state index contributed by atoms with van der Waals surface area (Å²) in [5.41, 5.74) is 1.01. The minimum atomic E-state index is -3.16. The quantitative estimate of drug-likeness (QED) is 0.165. The SMILES string of the molecule is C[Si](Oc1cccc(Oc2ccc(C#N)c(C#N)c2)c1)(Oc1cccc(Oc2ccc(C#N)c(C#N)c2)c1)c1ccccc1. The molecule has 0 amide bonds. The lowest BCUT2D eigenvalue weighted by Gasteiger charge is -2.29. The second-order valence-corrected chi connectivity index (χ2v) is 12.4. The van der Waals surface area contributed by atoms with E-state index < -0.39 is 8.56 Å². The summed E-state index contributed by atoms with van der Waals surface area (Å²) in [7, 11) is -3.16. The Balaban J connectivity index is 1.40. The molecular weight excluding hydrogens is 568 g/mol. The molecule has 5 rings (SSSR count). The van der Waals surface area contributed by atoms with E-state index in [-0.39, 0.29) is 22.3 Å². The van der Waals surface area contributed by atoms with Crippen LogP contribution < -0.4 is 23.5 Å². The minimum Gasteiger partial charge on any atom is -0.509 e. The highest BCUT2D eigenvalue weighted by Crippen LogP contribution is 2.31. The highest BCUT2D eigenvalue weighted by atomic mass is 28.4. The molecular formula is C35H22N4O4Si. The van der Waals surface area contributed by atoms with Crippen LogP contribution in [0.15, 0.2) is 115 Å². The molecule has 0 saturated heterocycles. The summed E-state index contributed by atoms with van der Waals surface area (Å²) in [4.78, 5) is 0. The van der Waals surface area contributed by atoms with Crippen molar-refractivity contribution in [1.29, 1.82) is 21.0 Å². The molecule has 0 spiro atoms. The Kier molecular flexibility index (Phi) is 8.55. The second-order valence-electron chi connectivity index (χ2n) is 9.53. The lowest BCUT2D eigenvalue weighted by Crippen LogP contribution is -2.56. The lowest BCUT2D eigenvalue weighted by molar-refractivity contribution is 0.403. The molecule has 0 N–H and O–H groups in total. The van der Waals surface area contributed by atoms with Gasteiger partial charge in [0.2, 0.25) is 0 Å². The maximum absolute atomic E-state index is 9.36. The van der Waals surface area contributed by atoms with Gasteiger partial charge in [-0.2, -0.15) is 21.0 Å². The Morgan fingerprint density at radius 2 is 0.841 bits per heavy atom. The highest BCUT2D eigenvalue weighted by Gasteiger charge is 2.39. The smallest absolute Gasteiger partial charge is 0.492 e. The van der Waals surface area contributed by atoms with E-state index >= 15 is 0 Å². The molecule has 0 saturated carbocycles. The molecule has 0 heterocycles. The van der Waals surface area contributed by atoms with Crippen molar-refractivity contribution in [3.63, 3.8) is 0 Å². The van der Waals surface area contributed by atoms with Crippen molar-refractivity contribution < 1.29 is 18.3 Å². The van der Waals surface area contributed by atoms with E-state index in [0.717, 1.165) is 5.19 Å². The van der Waals surface area contributed by atoms with Crippen molar-refractivity contribution in [2.75, 3.05) is 0 Å². The van der Waals surface area contributed by atoms with E-state index in [1.807, 2.05) is 61.2 Å². The predicted octanol–water partition coefficient (Wildman–Crippen LogP) is 7.19. The van der Waals surface area contributed by atoms with Gasteiger partial charge in [0.25, 0.3) is 0 Å². The Morgan fingerprint density at radius 1 is 0.432 bits per heavy atom. The van der Waals surface area contributed by atoms with Crippen LogP contribution in [-0.2, 0) is 0 Å². The predicted molar refractivity (Wildman–Crippen MR) is 164 cm³/mol. The molecule has 0 aliphatic rings. The van der Waals surface area contributed by atoms with Crippen LogP contribution >= 0.6 is 0 Å². The first kappa shape index (κ1) is 29.0. The third-order valence-electron chi connectivity index (χ3n) is 6.47. The zero-order valence-electron chi connectivity index (χ0n) is 23.4. The van der Waals surface area contributed by atoms with Crippen molar-refractivity contribution in [3.8, 4) is 58.8 Å². The number of nitriles is 4. The van der Waals surface area contributed by atoms with Gasteiger partial charge in [0.15, 0.2) is 0 Å². The monoisotopic (exact) mass is 590 g/mol. The van der Waals surface area contributed by atoms with E-state index in [9.17, 15) is 21.0 Å². The zero-order valence-corrected chi connectivity index (χ0v) is 24.4. The van der Waals surface area contributed by atoms with Crippen LogP contribution in [0.4, 0.5) is 0 Å². The molecule has 210 valence electrons. The molecule has 44 heavy (non-hydrogen) atoms. The summed E-state index contributed by atoms with van der Waals surface area (Å²) in [6.07, 6.45) is 0. The van der Waals surface area contributed by atoms with Gasteiger partial charge in [-0.1, -0.05) is 42.5 Å². The number of nitrogens with zero attached hydrogens (tertiary/aromatic N) is 4. The third-order valence-corrected chi connectivity index (χ3v) is 9.10. The van der Waals surface area contributed by atoms with Gasteiger partial charge < -0.3 is 18.3 Å². The summed E-state index contributed by atoms with van der Waals surface area (Å²) >= 11 is 0. The minimum absolute atomic E-state index is 0.228. The van der Waals surface area contributed by atoms with E-state index in [4.69, 9.17) is 18.3 Å². The number of hydrogen-bond donors (Lipinski definition) is 0. The van der Waals surface area contributed by atoms with Crippen LogP contribution in [0, 0.1) is 45.3 Å². The maximum atomic E-state index is 9.36. The zero-order chi connectivity index (χ0) is 30.9. The van der Waals surface area contributed by atoms with Crippen molar-refractivity contribution in [3.05, 3.63) is 138 Å². The average molecular weight is 591 g/mol. The van der Waals surface area contributed by atoms with Gasteiger partial charge in [0, 0.05) is 23.9 Å². The van der Waals surface area contributed by atoms with Gasteiger partial charge in [-0.15, -0.1) is 0 Å². The largest absolute Gasteiger partial charge is 0.509 e. The van der Waals surface area contributed by atoms with Crippen LogP contribution in [-0.4, -0.2) is 8.56 Å². The first-order chi connectivity index (χ1) is 21.4. The van der Waals surface area contributed by atoms with E-state index in [2.05, 4.69) is 0 Å². The molecule has 0 fully saturated rings. The number of hydrogen-bond acceptors (Lipinski definition) is 8. The highest BCUT2D eigenvalue weighted by molar-refractivity contribution is 6.81. The Labute approximate surface area is 255 Å². The van der Waals surface area contributed by atoms with E-state index in [0.29, 0.717) is 34.5 Å². The fraction of sp³-hybridized carbons (Fsp3) is 0.0286. The summed E-state index contributed by atoms with van der Waals surface area (Å²) in [5, 5.41) is 38.0. The third kappa shape index (κ3) is 6.68. The van der Waals surface area contributed by atoms with Crippen molar-refractivity contribution in [2.45, 2.75) is 6.55 Å². The molecule has 5 aromatic carbocycles. The Bertz CT molecular complexity index is 1880. The lowest BCUT2D eigenvalue weighted by atomic mass is 10.1. The fourth-order valence-electron chi connectivity index (χ4n) is 4.36. The first-order valence-corrected chi connectivity index (χ1v) is 15.6. The van der Waals surface area contributed by atoms with Crippen molar-refractivity contribution >= 4 is 13.7 Å². The molecule has 0 radical (unpaired) electrons. The van der Waals surface area contributed by atoms with Crippen LogP contribution in [0.2, 0.25) is 6.55 Å². The first-order valence-electron chi connectivity index (χ1n) is 13.3. The molecule has 0 unspecified atom stereocenters. The number of rotatable bonds is 9. The summed E-state index contributed by atoms with van der Waals surface area (Å²) in [5.74, 6) is 2.83. The van der Waals surface area contributed by atoms with Crippen LogP contribution in [0.25, 0.3) is 0 Å². The molecule has 0 aliphatic carbocycles. The van der Waals surface area contributed by atoms with Crippen molar-refractivity contribution in [2.24, 2.45) is 0 Å². The number of benzene rings is 5. The van der Waals surface area contributed by atoms with Gasteiger partial charge in [0.1, 0.15) is 58.8 Å². The maximum Gasteiger partial charge on any atom is 0.492 e. The Hall–Kier alpha value is -6.52. The average Bonchev–Trinajstić information content (AvgIpc) is 3.05. The molecule has 5 aromatic rings. The molecule has 0 aliphatic heterocycles. The molecule has 0 atom stereocenters. The standard InChI is InChI=1S/C35H22N4O4Si/c1-44(35-11-3-2-4-12-35,42-33-9-5-7-29(19-33)40-31-15-13-25(21-36)27(17-31)23-38)43-34-10-6-8-30(20-34)41-32-16-14-26(22-37)28(18-32)24-39/h2-20H,1H3. The van der Waals surface area contributed by atoms with Gasteiger partial charge >= 0.3 is 8.56 Å². The fourth-order valence-corrected chi connectivity index (χ4v) is 6.59. The van der Waals surface area contributed by atoms with Crippen LogP contribution in [0.1, 0.15) is 22.3 Å². The topological polar surface area (TPSA) is 132 Å².